The van der Waals surface area contributed by atoms with Crippen LogP contribution in [0.5, 0.6) is 0 Å². The second kappa shape index (κ2) is 5.48. The fraction of sp³-hybridized carbons (Fsp3) is 0.214. The summed E-state index contributed by atoms with van der Waals surface area (Å²) in [4.78, 5) is 19.2. The Hall–Kier alpha value is -2.43. The molecule has 1 aromatic heterocycles. The highest BCUT2D eigenvalue weighted by atomic mass is 16.4. The topological polar surface area (TPSA) is 75.1 Å². The van der Waals surface area contributed by atoms with E-state index in [-0.39, 0.29) is 5.56 Å². The molecule has 0 atom stereocenters. The largest absolute Gasteiger partial charge is 0.478 e. The summed E-state index contributed by atoms with van der Waals surface area (Å²) in [7, 11) is 0. The Morgan fingerprint density at radius 3 is 2.53 bits per heavy atom. The Morgan fingerprint density at radius 1 is 1.26 bits per heavy atom. The molecule has 0 aliphatic heterocycles. The molecule has 0 saturated carbocycles. The number of carbonyl (C=O) groups is 1. The van der Waals surface area contributed by atoms with Gasteiger partial charge in [-0.1, -0.05) is 6.92 Å². The highest BCUT2D eigenvalue weighted by Gasteiger charge is 2.07. The molecule has 98 valence electrons. The van der Waals surface area contributed by atoms with Crippen LogP contribution in [-0.2, 0) is 6.42 Å². The summed E-state index contributed by atoms with van der Waals surface area (Å²) in [5, 5.41) is 12.0. The first-order valence-corrected chi connectivity index (χ1v) is 6.02. The molecule has 19 heavy (non-hydrogen) atoms. The van der Waals surface area contributed by atoms with E-state index in [0.29, 0.717) is 0 Å². The van der Waals surface area contributed by atoms with Crippen molar-refractivity contribution in [1.29, 1.82) is 0 Å². The Kier molecular flexibility index (Phi) is 3.75. The van der Waals surface area contributed by atoms with E-state index in [1.807, 2.05) is 13.8 Å². The minimum Gasteiger partial charge on any atom is -0.478 e. The van der Waals surface area contributed by atoms with Gasteiger partial charge in [0.05, 0.1) is 5.56 Å². The third-order valence-electron chi connectivity index (χ3n) is 2.91. The van der Waals surface area contributed by atoms with Crippen LogP contribution in [0.3, 0.4) is 0 Å². The SMILES string of the molecule is CCc1c(C)ncnc1Nc1ccc(C(=O)O)cc1. The van der Waals surface area contributed by atoms with Crippen LogP contribution in [0, 0.1) is 6.92 Å². The number of aryl methyl sites for hydroxylation is 1. The fourth-order valence-corrected chi connectivity index (χ4v) is 1.86. The van der Waals surface area contributed by atoms with Crippen molar-refractivity contribution in [2.75, 3.05) is 5.32 Å². The zero-order valence-corrected chi connectivity index (χ0v) is 10.8. The monoisotopic (exact) mass is 257 g/mol. The Balaban J connectivity index is 2.26. The lowest BCUT2D eigenvalue weighted by molar-refractivity contribution is 0.0697. The van der Waals surface area contributed by atoms with Gasteiger partial charge >= 0.3 is 5.97 Å². The molecule has 0 spiro atoms. The number of aromatic nitrogens is 2. The van der Waals surface area contributed by atoms with Gasteiger partial charge in [0.25, 0.3) is 0 Å². The number of anilines is 2. The molecule has 0 aliphatic carbocycles. The zero-order chi connectivity index (χ0) is 13.8. The van der Waals surface area contributed by atoms with Crippen molar-refractivity contribution in [2.24, 2.45) is 0 Å². The summed E-state index contributed by atoms with van der Waals surface area (Å²) >= 11 is 0. The Labute approximate surface area is 111 Å². The first kappa shape index (κ1) is 13.0. The van der Waals surface area contributed by atoms with Gasteiger partial charge in [0.1, 0.15) is 12.1 Å². The normalized spacial score (nSPS) is 10.2. The van der Waals surface area contributed by atoms with Crippen LogP contribution in [0.2, 0.25) is 0 Å². The van der Waals surface area contributed by atoms with Gasteiger partial charge in [-0.15, -0.1) is 0 Å². The Bertz CT molecular complexity index is 594. The third-order valence-corrected chi connectivity index (χ3v) is 2.91. The van der Waals surface area contributed by atoms with Crippen molar-refractivity contribution in [3.05, 3.63) is 47.4 Å². The minimum absolute atomic E-state index is 0.264. The van der Waals surface area contributed by atoms with Gasteiger partial charge in [0.15, 0.2) is 0 Å². The molecule has 0 bridgehead atoms. The highest BCUT2D eigenvalue weighted by molar-refractivity contribution is 5.88. The number of nitrogens with one attached hydrogen (secondary N) is 1. The molecular formula is C14H15N3O2. The van der Waals surface area contributed by atoms with E-state index in [1.54, 1.807) is 24.3 Å². The number of hydrogen-bond donors (Lipinski definition) is 2. The molecule has 0 radical (unpaired) electrons. The lowest BCUT2D eigenvalue weighted by Gasteiger charge is -2.11. The van der Waals surface area contributed by atoms with Gasteiger partial charge in [-0.3, -0.25) is 0 Å². The maximum Gasteiger partial charge on any atom is 0.335 e. The molecule has 0 aliphatic rings. The van der Waals surface area contributed by atoms with Crippen LogP contribution < -0.4 is 5.32 Å². The van der Waals surface area contributed by atoms with Gasteiger partial charge in [0.2, 0.25) is 0 Å². The summed E-state index contributed by atoms with van der Waals surface area (Å²) in [6.45, 7) is 3.99. The fourth-order valence-electron chi connectivity index (χ4n) is 1.86. The van der Waals surface area contributed by atoms with Gasteiger partial charge < -0.3 is 10.4 Å². The molecule has 2 N–H and O–H groups in total. The van der Waals surface area contributed by atoms with E-state index < -0.39 is 5.97 Å². The quantitative estimate of drug-likeness (QED) is 0.880. The molecule has 0 unspecified atom stereocenters. The van der Waals surface area contributed by atoms with Crippen LogP contribution in [-0.4, -0.2) is 21.0 Å². The summed E-state index contributed by atoms with van der Waals surface area (Å²) < 4.78 is 0. The molecule has 0 saturated heterocycles. The maximum absolute atomic E-state index is 10.8. The van der Waals surface area contributed by atoms with Crippen molar-refractivity contribution in [2.45, 2.75) is 20.3 Å². The van der Waals surface area contributed by atoms with Crippen molar-refractivity contribution in [3.63, 3.8) is 0 Å². The van der Waals surface area contributed by atoms with Crippen molar-refractivity contribution in [1.82, 2.24) is 9.97 Å². The molecular weight excluding hydrogens is 242 g/mol. The average Bonchev–Trinajstić information content (AvgIpc) is 2.39. The molecule has 0 fully saturated rings. The molecule has 2 rings (SSSR count). The molecule has 1 heterocycles. The van der Waals surface area contributed by atoms with Crippen molar-refractivity contribution >= 4 is 17.5 Å². The lowest BCUT2D eigenvalue weighted by atomic mass is 10.1. The molecule has 0 amide bonds. The molecule has 1 aromatic carbocycles. The van der Waals surface area contributed by atoms with Crippen LogP contribution in [0.4, 0.5) is 11.5 Å². The Morgan fingerprint density at radius 2 is 1.95 bits per heavy atom. The summed E-state index contributed by atoms with van der Waals surface area (Å²) in [5.41, 5.74) is 3.07. The second-order valence-electron chi connectivity index (χ2n) is 4.15. The molecule has 5 heteroatoms. The number of rotatable bonds is 4. The van der Waals surface area contributed by atoms with E-state index in [2.05, 4.69) is 15.3 Å². The van der Waals surface area contributed by atoms with Gasteiger partial charge in [0, 0.05) is 16.9 Å². The predicted molar refractivity (Wildman–Crippen MR) is 72.8 cm³/mol. The minimum atomic E-state index is -0.932. The van der Waals surface area contributed by atoms with Crippen LogP contribution in [0.15, 0.2) is 30.6 Å². The van der Waals surface area contributed by atoms with E-state index in [9.17, 15) is 4.79 Å². The van der Waals surface area contributed by atoms with Crippen molar-refractivity contribution in [3.8, 4) is 0 Å². The van der Waals surface area contributed by atoms with Crippen LogP contribution in [0.25, 0.3) is 0 Å². The van der Waals surface area contributed by atoms with Gasteiger partial charge in [-0.2, -0.15) is 0 Å². The lowest BCUT2D eigenvalue weighted by Crippen LogP contribution is -2.03. The van der Waals surface area contributed by atoms with Crippen LogP contribution in [0.1, 0.15) is 28.5 Å². The molecule has 2 aromatic rings. The van der Waals surface area contributed by atoms with E-state index in [4.69, 9.17) is 5.11 Å². The number of carboxylic acids is 1. The first-order chi connectivity index (χ1) is 9.11. The second-order valence-corrected chi connectivity index (χ2v) is 4.15. The number of aromatic carboxylic acids is 1. The highest BCUT2D eigenvalue weighted by Crippen LogP contribution is 2.20. The number of hydrogen-bond acceptors (Lipinski definition) is 4. The van der Waals surface area contributed by atoms with E-state index in [0.717, 1.165) is 29.2 Å². The maximum atomic E-state index is 10.8. The van der Waals surface area contributed by atoms with Gasteiger partial charge in [-0.25, -0.2) is 14.8 Å². The average molecular weight is 257 g/mol. The third kappa shape index (κ3) is 2.88. The number of benzene rings is 1. The van der Waals surface area contributed by atoms with Gasteiger partial charge in [-0.05, 0) is 37.6 Å². The van der Waals surface area contributed by atoms with E-state index >= 15 is 0 Å². The van der Waals surface area contributed by atoms with Crippen LogP contribution >= 0.6 is 0 Å². The molecule has 5 nitrogen and oxygen atoms in total. The predicted octanol–water partition coefficient (Wildman–Crippen LogP) is 2.79. The number of nitrogens with zero attached hydrogens (tertiary/aromatic N) is 2. The zero-order valence-electron chi connectivity index (χ0n) is 10.8. The first-order valence-electron chi connectivity index (χ1n) is 6.02. The van der Waals surface area contributed by atoms with Crippen molar-refractivity contribution < 1.29 is 9.90 Å². The summed E-state index contributed by atoms with van der Waals surface area (Å²) in [5.74, 6) is -0.170. The summed E-state index contributed by atoms with van der Waals surface area (Å²) in [6, 6.07) is 6.56. The smallest absolute Gasteiger partial charge is 0.335 e. The van der Waals surface area contributed by atoms with E-state index in [1.165, 1.54) is 6.33 Å². The number of carboxylic acid groups (broad SMARTS) is 1. The summed E-state index contributed by atoms with van der Waals surface area (Å²) in [6.07, 6.45) is 2.35. The standard InChI is InChI=1S/C14H15N3O2/c1-3-12-9(2)15-8-16-13(12)17-11-6-4-10(5-7-11)14(18)19/h4-8H,3H2,1-2H3,(H,18,19)(H,15,16,17).